The molecule has 0 aliphatic carbocycles. The Morgan fingerprint density at radius 2 is 0.556 bits per heavy atom. The quantitative estimate of drug-likeness (QED) is 0.162. The van der Waals surface area contributed by atoms with Crippen molar-refractivity contribution in [3.05, 3.63) is 182 Å². The number of hydrogen-bond donors (Lipinski definition) is 0. The van der Waals surface area contributed by atoms with Gasteiger partial charge in [-0.2, -0.15) is 0 Å². The molecule has 0 amide bonds. The van der Waals surface area contributed by atoms with E-state index in [4.69, 9.17) is 29.9 Å². The summed E-state index contributed by atoms with van der Waals surface area (Å²) >= 11 is 0. The van der Waals surface area contributed by atoms with Gasteiger partial charge in [-0.1, -0.05) is 170 Å². The minimum absolute atomic E-state index is 0.608. The first-order valence-corrected chi connectivity index (χ1v) is 17.9. The van der Waals surface area contributed by atoms with Gasteiger partial charge >= 0.3 is 0 Å². The highest BCUT2D eigenvalue weighted by molar-refractivity contribution is 6.10. The molecule has 7 aromatic carbocycles. The summed E-state index contributed by atoms with van der Waals surface area (Å²) in [7, 11) is 0. The van der Waals surface area contributed by atoms with E-state index >= 15 is 0 Å². The predicted octanol–water partition coefficient (Wildman–Crippen LogP) is 11.5. The van der Waals surface area contributed by atoms with Gasteiger partial charge in [-0.15, -0.1) is 0 Å². The summed E-state index contributed by atoms with van der Waals surface area (Å²) < 4.78 is 0. The van der Waals surface area contributed by atoms with Crippen LogP contribution in [-0.4, -0.2) is 29.9 Å². The lowest BCUT2D eigenvalue weighted by molar-refractivity contribution is 1.07. The molecule has 0 spiro atoms. The first-order chi connectivity index (χ1) is 26.7. The summed E-state index contributed by atoms with van der Waals surface area (Å²) in [6.45, 7) is 0. The fourth-order valence-corrected chi connectivity index (χ4v) is 7.04. The average molecular weight is 691 g/mol. The molecule has 0 atom stereocenters. The van der Waals surface area contributed by atoms with E-state index in [1.165, 1.54) is 5.39 Å². The van der Waals surface area contributed by atoms with E-state index in [1.807, 2.05) is 84.9 Å². The normalized spacial score (nSPS) is 11.3. The van der Waals surface area contributed by atoms with E-state index in [2.05, 4.69) is 97.1 Å². The lowest BCUT2D eigenvalue weighted by atomic mass is 9.99. The van der Waals surface area contributed by atoms with Crippen molar-refractivity contribution in [3.8, 4) is 68.1 Å². The molecule has 0 aliphatic heterocycles. The maximum atomic E-state index is 5.18. The minimum atomic E-state index is 0.608. The molecule has 6 heteroatoms. The van der Waals surface area contributed by atoms with Crippen molar-refractivity contribution in [2.45, 2.75) is 0 Å². The Hall–Kier alpha value is -7.44. The largest absolute Gasteiger partial charge is 0.247 e. The monoisotopic (exact) mass is 690 g/mol. The van der Waals surface area contributed by atoms with Gasteiger partial charge in [0.05, 0.1) is 22.4 Å². The molecule has 54 heavy (non-hydrogen) atoms. The van der Waals surface area contributed by atoms with Crippen molar-refractivity contribution in [2.75, 3.05) is 0 Å². The fourth-order valence-electron chi connectivity index (χ4n) is 7.04. The third-order valence-electron chi connectivity index (χ3n) is 9.74. The van der Waals surface area contributed by atoms with Crippen molar-refractivity contribution in [3.63, 3.8) is 0 Å². The Kier molecular flexibility index (Phi) is 7.69. The van der Waals surface area contributed by atoms with Gasteiger partial charge in [0.1, 0.15) is 0 Å². The molecule has 0 aliphatic rings. The molecular formula is C48H30N6. The van der Waals surface area contributed by atoms with Gasteiger partial charge < -0.3 is 0 Å². The number of fused-ring (bicyclic) bond motifs is 4. The van der Waals surface area contributed by atoms with Gasteiger partial charge in [0, 0.05) is 49.5 Å². The van der Waals surface area contributed by atoms with E-state index in [1.54, 1.807) is 0 Å². The molecule has 0 saturated carbocycles. The average Bonchev–Trinajstić information content (AvgIpc) is 3.26. The molecule has 10 aromatic rings. The number of benzene rings is 7. The van der Waals surface area contributed by atoms with E-state index in [0.29, 0.717) is 23.3 Å². The van der Waals surface area contributed by atoms with Crippen LogP contribution >= 0.6 is 0 Å². The SMILES string of the molecule is c1ccc(-c2nc(-c3ccccc3)nc(-c3ccc(-c4nc(-c5ccc(-c6nc7ccccc7c7ccccc67)cc5)nc5ccccc45)cc3)n2)cc1. The van der Waals surface area contributed by atoms with Crippen LogP contribution in [0.2, 0.25) is 0 Å². The summed E-state index contributed by atoms with van der Waals surface area (Å²) in [6.07, 6.45) is 0. The summed E-state index contributed by atoms with van der Waals surface area (Å²) in [5.74, 6) is 2.53. The van der Waals surface area contributed by atoms with Crippen molar-refractivity contribution in [1.29, 1.82) is 0 Å². The van der Waals surface area contributed by atoms with Crippen molar-refractivity contribution in [2.24, 2.45) is 0 Å². The molecule has 6 nitrogen and oxygen atoms in total. The lowest BCUT2D eigenvalue weighted by Crippen LogP contribution is -2.00. The Morgan fingerprint density at radius 1 is 0.204 bits per heavy atom. The second-order valence-corrected chi connectivity index (χ2v) is 13.1. The van der Waals surface area contributed by atoms with Gasteiger partial charge in [0.25, 0.3) is 0 Å². The number of hydrogen-bond acceptors (Lipinski definition) is 6. The second-order valence-electron chi connectivity index (χ2n) is 13.1. The van der Waals surface area contributed by atoms with Crippen LogP contribution in [0.4, 0.5) is 0 Å². The van der Waals surface area contributed by atoms with Crippen molar-refractivity contribution >= 4 is 32.6 Å². The molecule has 0 bridgehead atoms. The Balaban J connectivity index is 1.03. The van der Waals surface area contributed by atoms with E-state index in [9.17, 15) is 0 Å². The van der Waals surface area contributed by atoms with E-state index < -0.39 is 0 Å². The van der Waals surface area contributed by atoms with Crippen LogP contribution in [0.5, 0.6) is 0 Å². The van der Waals surface area contributed by atoms with Crippen LogP contribution in [0, 0.1) is 0 Å². The Labute approximate surface area is 311 Å². The smallest absolute Gasteiger partial charge is 0.164 e. The molecule has 252 valence electrons. The van der Waals surface area contributed by atoms with Gasteiger partial charge in [0.2, 0.25) is 0 Å². The van der Waals surface area contributed by atoms with Crippen molar-refractivity contribution < 1.29 is 0 Å². The lowest BCUT2D eigenvalue weighted by Gasteiger charge is -2.12. The fraction of sp³-hybridized carbons (Fsp3) is 0. The molecule has 10 rings (SSSR count). The maximum absolute atomic E-state index is 5.18. The molecule has 3 aromatic heterocycles. The van der Waals surface area contributed by atoms with Crippen LogP contribution in [-0.2, 0) is 0 Å². The van der Waals surface area contributed by atoms with Gasteiger partial charge in [-0.25, -0.2) is 29.9 Å². The number of para-hydroxylation sites is 2. The van der Waals surface area contributed by atoms with E-state index in [-0.39, 0.29) is 0 Å². The summed E-state index contributed by atoms with van der Waals surface area (Å²) in [6, 6.07) is 61.7. The highest BCUT2D eigenvalue weighted by atomic mass is 15.0. The highest BCUT2D eigenvalue weighted by Crippen LogP contribution is 2.35. The second kappa shape index (κ2) is 13.3. The van der Waals surface area contributed by atoms with Crippen LogP contribution in [0.1, 0.15) is 0 Å². The first-order valence-electron chi connectivity index (χ1n) is 17.9. The standard InChI is InChI=1S/C48H30N6/c1-3-13-33(14-4-1)46-52-47(34-15-5-2-6-16-34)54-48(53-46)36-29-25-32(26-30-36)44-40-20-10-12-22-42(40)50-45(51-44)35-27-23-31(24-28-35)43-39-19-8-7-17-37(39)38-18-9-11-21-41(38)49-43/h1-30H. The van der Waals surface area contributed by atoms with Gasteiger partial charge in [0.15, 0.2) is 23.3 Å². The van der Waals surface area contributed by atoms with Gasteiger partial charge in [-0.05, 0) is 17.5 Å². The first kappa shape index (κ1) is 31.3. The number of nitrogens with zero attached hydrogens (tertiary/aromatic N) is 6. The summed E-state index contributed by atoms with van der Waals surface area (Å²) in [5.41, 5.74) is 9.38. The molecule has 0 unspecified atom stereocenters. The van der Waals surface area contributed by atoms with Crippen LogP contribution in [0.15, 0.2) is 182 Å². The number of aromatic nitrogens is 6. The van der Waals surface area contributed by atoms with Crippen LogP contribution < -0.4 is 0 Å². The number of rotatable bonds is 6. The number of pyridine rings is 1. The molecule has 0 N–H and O–H groups in total. The van der Waals surface area contributed by atoms with Crippen LogP contribution in [0.3, 0.4) is 0 Å². The van der Waals surface area contributed by atoms with Crippen molar-refractivity contribution in [1.82, 2.24) is 29.9 Å². The Bertz CT molecular complexity index is 2910. The third kappa shape index (κ3) is 5.72. The summed E-state index contributed by atoms with van der Waals surface area (Å²) in [4.78, 5) is 30.0. The molecule has 0 saturated heterocycles. The highest BCUT2D eigenvalue weighted by Gasteiger charge is 2.16. The summed E-state index contributed by atoms with van der Waals surface area (Å²) in [5, 5.41) is 4.46. The molecule has 3 heterocycles. The Morgan fingerprint density at radius 3 is 1.09 bits per heavy atom. The van der Waals surface area contributed by atoms with E-state index in [0.717, 1.165) is 72.0 Å². The zero-order chi connectivity index (χ0) is 35.8. The minimum Gasteiger partial charge on any atom is -0.247 e. The van der Waals surface area contributed by atoms with Gasteiger partial charge in [-0.3, -0.25) is 0 Å². The molecule has 0 fully saturated rings. The zero-order valence-electron chi connectivity index (χ0n) is 29.0. The third-order valence-corrected chi connectivity index (χ3v) is 9.74. The predicted molar refractivity (Wildman–Crippen MR) is 218 cm³/mol. The molecule has 0 radical (unpaired) electrons. The van der Waals surface area contributed by atoms with Crippen LogP contribution in [0.25, 0.3) is 101 Å². The zero-order valence-corrected chi connectivity index (χ0v) is 29.0. The maximum Gasteiger partial charge on any atom is 0.164 e. The topological polar surface area (TPSA) is 77.3 Å². The molecular weight excluding hydrogens is 661 g/mol.